The Balaban J connectivity index is 1.37. The molecule has 2 aromatic carbocycles. The van der Waals surface area contributed by atoms with Gasteiger partial charge in [-0.1, -0.05) is 30.3 Å². The molecular weight excluding hydrogens is 458 g/mol. The van der Waals surface area contributed by atoms with Gasteiger partial charge < -0.3 is 15.0 Å². The molecular formula is C27H29N5O4. The van der Waals surface area contributed by atoms with Crippen LogP contribution in [0.15, 0.2) is 54.9 Å². The van der Waals surface area contributed by atoms with Crippen molar-refractivity contribution >= 4 is 18.3 Å². The molecule has 36 heavy (non-hydrogen) atoms. The second kappa shape index (κ2) is 9.49. The fourth-order valence-corrected chi connectivity index (χ4v) is 4.58. The van der Waals surface area contributed by atoms with E-state index in [1.807, 2.05) is 62.6 Å². The molecule has 1 saturated carbocycles. The predicted molar refractivity (Wildman–Crippen MR) is 133 cm³/mol. The van der Waals surface area contributed by atoms with Crippen LogP contribution in [0.5, 0.6) is 5.75 Å². The average molecular weight is 488 g/mol. The van der Waals surface area contributed by atoms with E-state index in [4.69, 9.17) is 4.74 Å². The van der Waals surface area contributed by atoms with E-state index in [-0.39, 0.29) is 12.5 Å². The van der Waals surface area contributed by atoms with Gasteiger partial charge in [0.25, 0.3) is 5.91 Å². The highest BCUT2D eigenvalue weighted by molar-refractivity contribution is 5.99. The lowest BCUT2D eigenvalue weighted by atomic mass is 9.90. The lowest BCUT2D eigenvalue weighted by molar-refractivity contribution is -0.108. The van der Waals surface area contributed by atoms with Gasteiger partial charge in [0, 0.05) is 37.5 Å². The highest BCUT2D eigenvalue weighted by atomic mass is 16.5. The number of aromatic nitrogens is 2. The van der Waals surface area contributed by atoms with E-state index in [0.717, 1.165) is 22.3 Å². The molecule has 1 aliphatic heterocycles. The Morgan fingerprint density at radius 1 is 1.19 bits per heavy atom. The Kier molecular flexibility index (Phi) is 6.22. The molecule has 0 unspecified atom stereocenters. The monoisotopic (exact) mass is 487 g/mol. The maximum absolute atomic E-state index is 13.3. The first-order chi connectivity index (χ1) is 17.3. The molecule has 186 valence electrons. The molecule has 0 bridgehead atoms. The standard InChI is InChI=1S/C27H29N5O4/c1-27(30-26(35)28-17-33,22-8-5-19(6-9-22)21-12-29-31(2)13-21)16-32-14-20-7-10-23(11-24(20)25(32)34)36-15-18-3-4-18/h5-13,17-18H,3-4,14-16H2,1-2H3,(H2,28,30,33,35)/t27-/m0/s1. The van der Waals surface area contributed by atoms with Gasteiger partial charge in [-0.25, -0.2) is 4.79 Å². The number of amides is 4. The van der Waals surface area contributed by atoms with Crippen molar-refractivity contribution < 1.29 is 19.1 Å². The average Bonchev–Trinajstić information content (AvgIpc) is 3.52. The van der Waals surface area contributed by atoms with Crippen molar-refractivity contribution in [2.75, 3.05) is 13.2 Å². The molecule has 9 nitrogen and oxygen atoms in total. The molecule has 0 spiro atoms. The second-order valence-electron chi connectivity index (χ2n) is 9.76. The summed E-state index contributed by atoms with van der Waals surface area (Å²) in [6, 6.07) is 12.8. The minimum atomic E-state index is -0.955. The maximum atomic E-state index is 13.3. The lowest BCUT2D eigenvalue weighted by Gasteiger charge is -2.35. The number of benzene rings is 2. The van der Waals surface area contributed by atoms with E-state index < -0.39 is 11.6 Å². The SMILES string of the molecule is Cn1cc(-c2ccc([C@](C)(CN3Cc4ccc(OCC5CC5)cc4C3=O)NC(=O)NC=O)cc2)cn1. The van der Waals surface area contributed by atoms with E-state index in [2.05, 4.69) is 15.7 Å². The van der Waals surface area contributed by atoms with Crippen LogP contribution in [0, 0.1) is 5.92 Å². The van der Waals surface area contributed by atoms with Crippen LogP contribution in [0.3, 0.4) is 0 Å². The lowest BCUT2D eigenvalue weighted by Crippen LogP contribution is -2.54. The number of nitrogens with one attached hydrogen (secondary N) is 2. The second-order valence-corrected chi connectivity index (χ2v) is 9.76. The van der Waals surface area contributed by atoms with Crippen LogP contribution in [0.2, 0.25) is 0 Å². The Morgan fingerprint density at radius 2 is 1.97 bits per heavy atom. The summed E-state index contributed by atoms with van der Waals surface area (Å²) in [5.74, 6) is 1.21. The van der Waals surface area contributed by atoms with Crippen molar-refractivity contribution in [3.63, 3.8) is 0 Å². The number of rotatable bonds is 9. The summed E-state index contributed by atoms with van der Waals surface area (Å²) in [5, 5.41) is 9.24. The molecule has 5 rings (SSSR count). The Morgan fingerprint density at radius 3 is 2.64 bits per heavy atom. The van der Waals surface area contributed by atoms with Crippen molar-refractivity contribution in [2.24, 2.45) is 13.0 Å². The fourth-order valence-electron chi connectivity index (χ4n) is 4.58. The number of hydrogen-bond donors (Lipinski definition) is 2. The van der Waals surface area contributed by atoms with Crippen molar-refractivity contribution in [3.05, 3.63) is 71.5 Å². The number of carbonyl (C=O) groups excluding carboxylic acids is 3. The van der Waals surface area contributed by atoms with Gasteiger partial charge >= 0.3 is 6.03 Å². The largest absolute Gasteiger partial charge is 0.493 e. The summed E-state index contributed by atoms with van der Waals surface area (Å²) in [7, 11) is 1.86. The summed E-state index contributed by atoms with van der Waals surface area (Å²) >= 11 is 0. The van der Waals surface area contributed by atoms with Gasteiger partial charge in [0.2, 0.25) is 6.41 Å². The number of aryl methyl sites for hydroxylation is 1. The summed E-state index contributed by atoms with van der Waals surface area (Å²) in [6.45, 7) is 3.17. The van der Waals surface area contributed by atoms with Gasteiger partial charge in [-0.3, -0.25) is 19.6 Å². The van der Waals surface area contributed by atoms with E-state index in [0.29, 0.717) is 36.8 Å². The number of imide groups is 1. The van der Waals surface area contributed by atoms with Crippen LogP contribution in [0.4, 0.5) is 4.79 Å². The molecule has 3 aromatic rings. The number of ether oxygens (including phenoxy) is 1. The number of fused-ring (bicyclic) bond motifs is 1. The van der Waals surface area contributed by atoms with Gasteiger partial charge in [0.1, 0.15) is 5.75 Å². The van der Waals surface area contributed by atoms with Crippen LogP contribution in [0.1, 0.15) is 41.3 Å². The molecule has 1 aliphatic carbocycles. The summed E-state index contributed by atoms with van der Waals surface area (Å²) in [6.07, 6.45) is 6.44. The zero-order valence-corrected chi connectivity index (χ0v) is 20.4. The Labute approximate surface area is 209 Å². The van der Waals surface area contributed by atoms with Gasteiger partial charge in [0.05, 0.1) is 18.3 Å². The highest BCUT2D eigenvalue weighted by Gasteiger charge is 2.37. The van der Waals surface area contributed by atoms with E-state index in [1.165, 1.54) is 12.8 Å². The summed E-state index contributed by atoms with van der Waals surface area (Å²) < 4.78 is 7.60. The third kappa shape index (κ3) is 4.95. The normalized spacial score (nSPS) is 16.3. The van der Waals surface area contributed by atoms with Gasteiger partial charge in [-0.15, -0.1) is 0 Å². The van der Waals surface area contributed by atoms with Crippen molar-refractivity contribution in [1.29, 1.82) is 0 Å². The third-order valence-corrected chi connectivity index (χ3v) is 6.79. The van der Waals surface area contributed by atoms with Crippen molar-refractivity contribution in [2.45, 2.75) is 31.8 Å². The molecule has 9 heteroatoms. The fraction of sp³-hybridized carbons (Fsp3) is 0.333. The minimum absolute atomic E-state index is 0.113. The van der Waals surface area contributed by atoms with Crippen LogP contribution in [-0.4, -0.2) is 46.2 Å². The van der Waals surface area contributed by atoms with Crippen LogP contribution in [0.25, 0.3) is 11.1 Å². The molecule has 1 atom stereocenters. The van der Waals surface area contributed by atoms with Gasteiger partial charge in [0.15, 0.2) is 0 Å². The molecule has 1 aromatic heterocycles. The molecule has 2 N–H and O–H groups in total. The zero-order chi connectivity index (χ0) is 25.3. The third-order valence-electron chi connectivity index (χ3n) is 6.79. The van der Waals surface area contributed by atoms with Crippen LogP contribution in [-0.2, 0) is 23.9 Å². The predicted octanol–water partition coefficient (Wildman–Crippen LogP) is 3.20. The first-order valence-corrected chi connectivity index (χ1v) is 12.0. The zero-order valence-electron chi connectivity index (χ0n) is 20.4. The van der Waals surface area contributed by atoms with Gasteiger partial charge in [-0.2, -0.15) is 5.10 Å². The van der Waals surface area contributed by atoms with Crippen molar-refractivity contribution in [3.8, 4) is 16.9 Å². The number of hydrogen-bond acceptors (Lipinski definition) is 5. The molecule has 2 heterocycles. The maximum Gasteiger partial charge on any atom is 0.321 e. The molecule has 4 amide bonds. The quantitative estimate of drug-likeness (QED) is 0.451. The smallest absolute Gasteiger partial charge is 0.321 e. The first kappa shape index (κ1) is 23.6. The minimum Gasteiger partial charge on any atom is -0.493 e. The highest BCUT2D eigenvalue weighted by Crippen LogP contribution is 2.33. The Hall–Kier alpha value is -4.14. The number of nitrogens with zero attached hydrogens (tertiary/aromatic N) is 3. The molecule has 2 aliphatic rings. The van der Waals surface area contributed by atoms with Crippen LogP contribution >= 0.6 is 0 Å². The van der Waals surface area contributed by atoms with E-state index in [1.54, 1.807) is 15.8 Å². The van der Waals surface area contributed by atoms with E-state index >= 15 is 0 Å². The molecule has 0 saturated heterocycles. The topological polar surface area (TPSA) is 106 Å². The molecule has 0 radical (unpaired) electrons. The van der Waals surface area contributed by atoms with Crippen LogP contribution < -0.4 is 15.4 Å². The number of carbonyl (C=O) groups is 3. The van der Waals surface area contributed by atoms with Crippen molar-refractivity contribution in [1.82, 2.24) is 25.3 Å². The number of urea groups is 1. The van der Waals surface area contributed by atoms with E-state index in [9.17, 15) is 14.4 Å². The van der Waals surface area contributed by atoms with Gasteiger partial charge in [-0.05, 0) is 54.5 Å². The Bertz CT molecular complexity index is 1300. The first-order valence-electron chi connectivity index (χ1n) is 12.0. The molecule has 1 fully saturated rings. The summed E-state index contributed by atoms with van der Waals surface area (Å²) in [5.41, 5.74) is 3.34. The summed E-state index contributed by atoms with van der Waals surface area (Å²) in [4.78, 5) is 38.3.